The molecule has 1 aliphatic heterocycles. The summed E-state index contributed by atoms with van der Waals surface area (Å²) in [5.41, 5.74) is 4.28. The van der Waals surface area contributed by atoms with Gasteiger partial charge in [0.1, 0.15) is 17.7 Å². The van der Waals surface area contributed by atoms with Gasteiger partial charge in [-0.25, -0.2) is 14.4 Å². The van der Waals surface area contributed by atoms with E-state index in [9.17, 15) is 4.39 Å². The fourth-order valence-electron chi connectivity index (χ4n) is 3.81. The number of aromatic nitrogens is 3. The van der Waals surface area contributed by atoms with Crippen LogP contribution in [0.15, 0.2) is 90.7 Å². The van der Waals surface area contributed by atoms with Crippen LogP contribution in [0.4, 0.5) is 4.39 Å². The molecular formula is C23H15FN4. The van der Waals surface area contributed by atoms with Crippen LogP contribution in [0.5, 0.6) is 0 Å². The van der Waals surface area contributed by atoms with E-state index in [1.165, 1.54) is 12.4 Å². The van der Waals surface area contributed by atoms with E-state index in [1.54, 1.807) is 37.1 Å². The average Bonchev–Trinajstić information content (AvgIpc) is 3.17. The highest BCUT2D eigenvalue weighted by molar-refractivity contribution is 5.89. The second kappa shape index (κ2) is 6.46. The van der Waals surface area contributed by atoms with Crippen LogP contribution >= 0.6 is 0 Å². The summed E-state index contributed by atoms with van der Waals surface area (Å²) >= 11 is 0. The molecule has 0 aliphatic carbocycles. The minimum atomic E-state index is -0.827. The monoisotopic (exact) mass is 366 g/mol. The highest BCUT2D eigenvalue weighted by Gasteiger charge is 2.41. The second-order valence-electron chi connectivity index (χ2n) is 6.61. The first-order valence-electron chi connectivity index (χ1n) is 8.90. The number of nitrogens with zero attached hydrogens (tertiary/aromatic N) is 4. The smallest absolute Gasteiger partial charge is 0.136 e. The largest absolute Gasteiger partial charge is 0.271 e. The number of fused-ring (bicyclic) bond motifs is 1. The molecule has 1 unspecified atom stereocenters. The van der Waals surface area contributed by atoms with E-state index >= 15 is 0 Å². The van der Waals surface area contributed by atoms with E-state index in [2.05, 4.69) is 21.0 Å². The summed E-state index contributed by atoms with van der Waals surface area (Å²) in [7, 11) is 0. The Hall–Kier alpha value is -3.73. The van der Waals surface area contributed by atoms with Gasteiger partial charge >= 0.3 is 0 Å². The zero-order chi connectivity index (χ0) is 19.0. The molecule has 4 aromatic rings. The van der Waals surface area contributed by atoms with Crippen molar-refractivity contribution in [3.63, 3.8) is 0 Å². The normalized spacial score (nSPS) is 17.5. The van der Waals surface area contributed by atoms with Crippen LogP contribution in [0.2, 0.25) is 0 Å². The minimum Gasteiger partial charge on any atom is -0.271 e. The molecular weight excluding hydrogens is 351 g/mol. The summed E-state index contributed by atoms with van der Waals surface area (Å²) < 4.78 is 14.5. The Morgan fingerprint density at radius 1 is 0.750 bits per heavy atom. The Morgan fingerprint density at radius 2 is 1.54 bits per heavy atom. The first-order chi connectivity index (χ1) is 13.8. The van der Waals surface area contributed by atoms with Crippen LogP contribution in [-0.4, -0.2) is 21.2 Å². The van der Waals surface area contributed by atoms with Crippen molar-refractivity contribution in [3.05, 3.63) is 114 Å². The van der Waals surface area contributed by atoms with Crippen molar-refractivity contribution in [2.45, 2.75) is 5.54 Å². The molecule has 28 heavy (non-hydrogen) atoms. The first-order valence-corrected chi connectivity index (χ1v) is 8.90. The number of rotatable bonds is 3. The molecule has 0 bridgehead atoms. The third-order valence-corrected chi connectivity index (χ3v) is 5.10. The quantitative estimate of drug-likeness (QED) is 0.540. The van der Waals surface area contributed by atoms with Gasteiger partial charge in [0, 0.05) is 47.7 Å². The van der Waals surface area contributed by atoms with Gasteiger partial charge in [-0.05, 0) is 41.0 Å². The maximum absolute atomic E-state index is 14.5. The Morgan fingerprint density at radius 3 is 2.36 bits per heavy atom. The van der Waals surface area contributed by atoms with Crippen LogP contribution in [0.3, 0.4) is 0 Å². The Balaban J connectivity index is 1.78. The second-order valence-corrected chi connectivity index (χ2v) is 6.61. The van der Waals surface area contributed by atoms with Gasteiger partial charge in [-0.1, -0.05) is 30.3 Å². The number of hydrogen-bond donors (Lipinski definition) is 0. The predicted octanol–water partition coefficient (Wildman–Crippen LogP) is 4.40. The van der Waals surface area contributed by atoms with Crippen molar-refractivity contribution in [1.82, 2.24) is 15.0 Å². The molecule has 3 heterocycles. The molecule has 5 rings (SSSR count). The molecule has 1 aliphatic rings. The third-order valence-electron chi connectivity index (χ3n) is 5.10. The SMILES string of the molecule is Fc1cccc2c1C=NC2(c1ccncc1)c1cccc(-c2cncnc2)c1. The molecule has 5 heteroatoms. The number of pyridine rings is 1. The first kappa shape index (κ1) is 16.4. The molecule has 0 saturated heterocycles. The predicted molar refractivity (Wildman–Crippen MR) is 106 cm³/mol. The van der Waals surface area contributed by atoms with Crippen LogP contribution in [0.25, 0.3) is 11.1 Å². The molecule has 0 saturated carbocycles. The molecule has 0 amide bonds. The molecule has 0 radical (unpaired) electrons. The van der Waals surface area contributed by atoms with Gasteiger partial charge in [0.25, 0.3) is 0 Å². The maximum Gasteiger partial charge on any atom is 0.136 e. The van der Waals surface area contributed by atoms with Crippen molar-refractivity contribution in [2.75, 3.05) is 0 Å². The van der Waals surface area contributed by atoms with Crippen LogP contribution in [0, 0.1) is 5.82 Å². The molecule has 134 valence electrons. The van der Waals surface area contributed by atoms with Gasteiger partial charge in [-0.3, -0.25) is 9.98 Å². The van der Waals surface area contributed by atoms with Crippen LogP contribution in [-0.2, 0) is 5.54 Å². The molecule has 4 nitrogen and oxygen atoms in total. The number of halogens is 1. The summed E-state index contributed by atoms with van der Waals surface area (Å²) in [6.07, 6.45) is 10.2. The van der Waals surface area contributed by atoms with Gasteiger partial charge in [-0.2, -0.15) is 0 Å². The van der Waals surface area contributed by atoms with Gasteiger partial charge in [0.2, 0.25) is 0 Å². The lowest BCUT2D eigenvalue weighted by atomic mass is 9.77. The standard InChI is InChI=1S/C23H15FN4/c24-22-6-2-5-21-20(22)14-28-23(21,18-7-9-25-10-8-18)19-4-1-3-16(11-19)17-12-26-15-27-13-17/h1-15H. The van der Waals surface area contributed by atoms with E-state index in [0.717, 1.165) is 27.8 Å². The van der Waals surface area contributed by atoms with Crippen molar-refractivity contribution in [3.8, 4) is 11.1 Å². The summed E-state index contributed by atoms with van der Waals surface area (Å²) in [5.74, 6) is -0.273. The molecule has 1 atom stereocenters. The lowest BCUT2D eigenvalue weighted by molar-refractivity contribution is 0.615. The zero-order valence-electron chi connectivity index (χ0n) is 14.8. The number of benzene rings is 2. The van der Waals surface area contributed by atoms with Crippen LogP contribution in [0.1, 0.15) is 22.3 Å². The van der Waals surface area contributed by atoms with Gasteiger partial charge in [0.05, 0.1) is 0 Å². The van der Waals surface area contributed by atoms with E-state index < -0.39 is 5.54 Å². The Labute approximate surface area is 161 Å². The van der Waals surface area contributed by atoms with Gasteiger partial charge < -0.3 is 0 Å². The van der Waals surface area contributed by atoms with Crippen molar-refractivity contribution in [1.29, 1.82) is 0 Å². The van der Waals surface area contributed by atoms with Crippen molar-refractivity contribution in [2.24, 2.45) is 4.99 Å². The lowest BCUT2D eigenvalue weighted by Gasteiger charge is -2.29. The fourth-order valence-corrected chi connectivity index (χ4v) is 3.81. The average molecular weight is 366 g/mol. The van der Waals surface area contributed by atoms with E-state index in [0.29, 0.717) is 5.56 Å². The van der Waals surface area contributed by atoms with Gasteiger partial charge in [-0.15, -0.1) is 0 Å². The summed E-state index contributed by atoms with van der Waals surface area (Å²) in [6.45, 7) is 0. The molecule has 0 N–H and O–H groups in total. The third kappa shape index (κ3) is 2.44. The molecule has 2 aromatic carbocycles. The van der Waals surface area contributed by atoms with E-state index in [1.807, 2.05) is 36.4 Å². The number of hydrogen-bond acceptors (Lipinski definition) is 4. The Bertz CT molecular complexity index is 1180. The zero-order valence-corrected chi connectivity index (χ0v) is 14.8. The van der Waals surface area contributed by atoms with E-state index in [-0.39, 0.29) is 5.82 Å². The van der Waals surface area contributed by atoms with E-state index in [4.69, 9.17) is 4.99 Å². The highest BCUT2D eigenvalue weighted by Crippen LogP contribution is 2.45. The maximum atomic E-state index is 14.5. The summed E-state index contributed by atoms with van der Waals surface area (Å²) in [4.78, 5) is 17.2. The highest BCUT2D eigenvalue weighted by atomic mass is 19.1. The molecule has 2 aromatic heterocycles. The van der Waals surface area contributed by atoms with Crippen molar-refractivity contribution >= 4 is 6.21 Å². The topological polar surface area (TPSA) is 51.0 Å². The lowest BCUT2D eigenvalue weighted by Crippen LogP contribution is -2.25. The molecule has 0 fully saturated rings. The van der Waals surface area contributed by atoms with Crippen LogP contribution < -0.4 is 0 Å². The number of aliphatic imine (C=N–C) groups is 1. The fraction of sp³-hybridized carbons (Fsp3) is 0.0435. The minimum absolute atomic E-state index is 0.273. The van der Waals surface area contributed by atoms with Gasteiger partial charge in [0.15, 0.2) is 0 Å². The summed E-state index contributed by atoms with van der Waals surface area (Å²) in [6, 6.07) is 17.1. The molecule has 0 spiro atoms. The summed E-state index contributed by atoms with van der Waals surface area (Å²) in [5, 5.41) is 0. The van der Waals surface area contributed by atoms with Crippen molar-refractivity contribution < 1.29 is 4.39 Å². The Kier molecular flexibility index (Phi) is 3.79.